The Labute approximate surface area is 236 Å². The van der Waals surface area contributed by atoms with Crippen LogP contribution in [0.2, 0.25) is 0 Å². The number of hydrogen-bond acceptors (Lipinski definition) is 3. The summed E-state index contributed by atoms with van der Waals surface area (Å²) in [7, 11) is 2.03. The van der Waals surface area contributed by atoms with Gasteiger partial charge in [-0.2, -0.15) is 0 Å². The van der Waals surface area contributed by atoms with Crippen molar-refractivity contribution in [2.45, 2.75) is 12.0 Å². The van der Waals surface area contributed by atoms with Gasteiger partial charge >= 0.3 is 0 Å². The van der Waals surface area contributed by atoms with Gasteiger partial charge in [0.25, 0.3) is 0 Å². The lowest BCUT2D eigenvalue weighted by Crippen LogP contribution is -2.28. The molecule has 3 aromatic carbocycles. The summed E-state index contributed by atoms with van der Waals surface area (Å²) in [4.78, 5) is 11.9. The zero-order valence-corrected chi connectivity index (χ0v) is 22.5. The van der Waals surface area contributed by atoms with Crippen molar-refractivity contribution in [3.05, 3.63) is 134 Å². The van der Waals surface area contributed by atoms with Crippen LogP contribution in [0.15, 0.2) is 128 Å². The Balaban J connectivity index is 1.28. The Morgan fingerprint density at radius 1 is 0.683 bits per heavy atom. The SMILES string of the molecule is Cn1ccnc1-n1ccc2ccc(-n3c4ccccc4c4ccc(N5c6ncccc6C6C=CC=CC65)cc43)cc21. The number of aryl methyl sites for hydroxylation is 1. The van der Waals surface area contributed by atoms with E-state index in [9.17, 15) is 0 Å². The van der Waals surface area contributed by atoms with E-state index in [0.717, 1.165) is 28.7 Å². The third-order valence-electron chi connectivity index (χ3n) is 8.69. The second-order valence-corrected chi connectivity index (χ2v) is 10.9. The van der Waals surface area contributed by atoms with E-state index in [0.29, 0.717) is 5.92 Å². The van der Waals surface area contributed by atoms with Crippen molar-refractivity contribution in [3.8, 4) is 11.6 Å². The van der Waals surface area contributed by atoms with E-state index in [4.69, 9.17) is 4.98 Å². The predicted octanol–water partition coefficient (Wildman–Crippen LogP) is 7.59. The fourth-order valence-electron chi connectivity index (χ4n) is 6.84. The molecule has 41 heavy (non-hydrogen) atoms. The number of imidazole rings is 1. The van der Waals surface area contributed by atoms with Gasteiger partial charge in [0.2, 0.25) is 5.95 Å². The van der Waals surface area contributed by atoms with Crippen LogP contribution in [0.25, 0.3) is 44.3 Å². The van der Waals surface area contributed by atoms with E-state index in [1.165, 1.54) is 32.8 Å². The lowest BCUT2D eigenvalue weighted by Gasteiger charge is -2.28. The number of para-hydroxylation sites is 1. The van der Waals surface area contributed by atoms with Gasteiger partial charge in [0.1, 0.15) is 5.82 Å². The van der Waals surface area contributed by atoms with Gasteiger partial charge in [-0.1, -0.05) is 60.7 Å². The molecule has 2 aliphatic rings. The van der Waals surface area contributed by atoms with Gasteiger partial charge in [-0.15, -0.1) is 0 Å². The molecule has 0 amide bonds. The Kier molecular flexibility index (Phi) is 4.56. The number of anilines is 2. The minimum Gasteiger partial charge on any atom is -0.320 e. The molecule has 5 heterocycles. The first-order valence-corrected chi connectivity index (χ1v) is 14.0. The molecule has 0 saturated heterocycles. The number of nitrogens with zero attached hydrogens (tertiary/aromatic N) is 6. The first kappa shape index (κ1) is 22.5. The summed E-state index contributed by atoms with van der Waals surface area (Å²) in [5, 5.41) is 3.66. The molecule has 0 bridgehead atoms. The quantitative estimate of drug-likeness (QED) is 0.236. The van der Waals surface area contributed by atoms with Crippen LogP contribution in [-0.2, 0) is 7.05 Å². The van der Waals surface area contributed by atoms with Crippen LogP contribution in [0.1, 0.15) is 11.5 Å². The Bertz CT molecular complexity index is 2210. The number of benzene rings is 3. The van der Waals surface area contributed by atoms with Gasteiger partial charge in [-0.3, -0.25) is 4.57 Å². The van der Waals surface area contributed by atoms with E-state index in [1.54, 1.807) is 0 Å². The zero-order valence-electron chi connectivity index (χ0n) is 22.5. The second-order valence-electron chi connectivity index (χ2n) is 10.9. The smallest absolute Gasteiger partial charge is 0.213 e. The first-order valence-electron chi connectivity index (χ1n) is 14.0. The molecule has 0 fully saturated rings. The van der Waals surface area contributed by atoms with Crippen LogP contribution in [-0.4, -0.2) is 29.7 Å². The summed E-state index contributed by atoms with van der Waals surface area (Å²) in [5.41, 5.74) is 7.03. The van der Waals surface area contributed by atoms with Gasteiger partial charge in [0.15, 0.2) is 0 Å². The lowest BCUT2D eigenvalue weighted by molar-refractivity contribution is 0.743. The normalized spacial score (nSPS) is 17.6. The van der Waals surface area contributed by atoms with Crippen molar-refractivity contribution in [1.29, 1.82) is 0 Å². The minimum absolute atomic E-state index is 0.206. The minimum atomic E-state index is 0.206. The first-order chi connectivity index (χ1) is 20.3. The number of hydrogen-bond donors (Lipinski definition) is 0. The molecule has 0 saturated carbocycles. The maximum absolute atomic E-state index is 4.85. The highest BCUT2D eigenvalue weighted by Crippen LogP contribution is 2.47. The molecule has 4 aromatic heterocycles. The summed E-state index contributed by atoms with van der Waals surface area (Å²) in [6, 6.07) is 28.9. The molecule has 196 valence electrons. The Morgan fingerprint density at radius 2 is 1.54 bits per heavy atom. The maximum Gasteiger partial charge on any atom is 0.213 e. The van der Waals surface area contributed by atoms with Crippen LogP contribution < -0.4 is 4.90 Å². The van der Waals surface area contributed by atoms with Crippen LogP contribution in [0.3, 0.4) is 0 Å². The van der Waals surface area contributed by atoms with Gasteiger partial charge in [-0.25, -0.2) is 9.97 Å². The molecule has 9 rings (SSSR count). The number of aromatic nitrogens is 5. The molecule has 7 aromatic rings. The largest absolute Gasteiger partial charge is 0.320 e. The standard InChI is InChI=1S/C35H26N6/c1-38-20-18-37-35(38)39-19-16-23-12-13-24(21-32(23)39)40-30-10-4-2-7-26(30)28-15-14-25(22-33(28)40)41-31-11-5-3-8-27(31)29-9-6-17-36-34(29)41/h2-22,27,31H,1H3. The van der Waals surface area contributed by atoms with E-state index in [1.807, 2.05) is 36.3 Å². The van der Waals surface area contributed by atoms with Crippen LogP contribution in [0, 0.1) is 0 Å². The average Bonchev–Trinajstić information content (AvgIpc) is 3.78. The second kappa shape index (κ2) is 8.32. The maximum atomic E-state index is 4.85. The van der Waals surface area contributed by atoms with Crippen molar-refractivity contribution in [2.24, 2.45) is 7.05 Å². The lowest BCUT2D eigenvalue weighted by atomic mass is 9.92. The van der Waals surface area contributed by atoms with Gasteiger partial charge in [-0.05, 0) is 42.5 Å². The highest BCUT2D eigenvalue weighted by molar-refractivity contribution is 6.10. The molecule has 1 aliphatic carbocycles. The third-order valence-corrected chi connectivity index (χ3v) is 8.69. The number of allylic oxidation sites excluding steroid dienone is 2. The van der Waals surface area contributed by atoms with Crippen molar-refractivity contribution in [2.75, 3.05) is 4.90 Å². The number of rotatable bonds is 3. The fourth-order valence-corrected chi connectivity index (χ4v) is 6.84. The molecule has 6 heteroatoms. The van der Waals surface area contributed by atoms with Crippen molar-refractivity contribution >= 4 is 44.2 Å². The van der Waals surface area contributed by atoms with E-state index < -0.39 is 0 Å². The van der Waals surface area contributed by atoms with Crippen LogP contribution in [0.4, 0.5) is 11.5 Å². The molecule has 0 N–H and O–H groups in total. The number of pyridine rings is 1. The third kappa shape index (κ3) is 3.13. The monoisotopic (exact) mass is 530 g/mol. The van der Waals surface area contributed by atoms with Crippen LogP contribution >= 0.6 is 0 Å². The molecule has 0 radical (unpaired) electrons. The summed E-state index contributed by atoms with van der Waals surface area (Å²) < 4.78 is 6.60. The highest BCUT2D eigenvalue weighted by Gasteiger charge is 2.38. The fraction of sp³-hybridized carbons (Fsp3) is 0.0857. The summed E-state index contributed by atoms with van der Waals surface area (Å²) in [5.74, 6) is 2.23. The topological polar surface area (TPSA) is 43.8 Å². The van der Waals surface area contributed by atoms with Gasteiger partial charge < -0.3 is 14.0 Å². The van der Waals surface area contributed by atoms with E-state index in [2.05, 4.69) is 122 Å². The van der Waals surface area contributed by atoms with Gasteiger partial charge in [0, 0.05) is 70.8 Å². The Hall–Kier alpha value is -5.36. The highest BCUT2D eigenvalue weighted by atomic mass is 15.2. The molecular formula is C35H26N6. The van der Waals surface area contributed by atoms with E-state index in [-0.39, 0.29) is 6.04 Å². The van der Waals surface area contributed by atoms with Crippen molar-refractivity contribution < 1.29 is 0 Å². The molecule has 0 spiro atoms. The summed E-state index contributed by atoms with van der Waals surface area (Å²) in [6.07, 6.45) is 16.7. The average molecular weight is 531 g/mol. The number of fused-ring (bicyclic) bond motifs is 7. The molecular weight excluding hydrogens is 504 g/mol. The summed E-state index contributed by atoms with van der Waals surface area (Å²) in [6.45, 7) is 0. The zero-order chi connectivity index (χ0) is 27.1. The molecule has 2 unspecified atom stereocenters. The molecule has 1 aliphatic heterocycles. The molecule has 6 nitrogen and oxygen atoms in total. The van der Waals surface area contributed by atoms with E-state index >= 15 is 0 Å². The van der Waals surface area contributed by atoms with Crippen molar-refractivity contribution in [1.82, 2.24) is 23.7 Å². The predicted molar refractivity (Wildman–Crippen MR) is 166 cm³/mol. The van der Waals surface area contributed by atoms with Gasteiger partial charge in [0.05, 0.1) is 22.6 Å². The van der Waals surface area contributed by atoms with Crippen molar-refractivity contribution in [3.63, 3.8) is 0 Å². The molecule has 2 atom stereocenters. The Morgan fingerprint density at radius 3 is 2.46 bits per heavy atom. The van der Waals surface area contributed by atoms with Crippen LogP contribution in [0.5, 0.6) is 0 Å². The summed E-state index contributed by atoms with van der Waals surface area (Å²) >= 11 is 0.